The van der Waals surface area contributed by atoms with Gasteiger partial charge in [-0.25, -0.2) is 0 Å². The summed E-state index contributed by atoms with van der Waals surface area (Å²) in [5.74, 6) is -0.112. The largest absolute Gasteiger partial charge is 0.335 e. The standard InChI is InChI=1S/C24H24O2/c1-16-20-14-9-15-21(20)17(2)23-22(16)25-24(26-23,18-10-5-3-6-11-18)19-12-7-4-8-13-19/h3-14,16-17,22-23H,15H2,1-2H3/t16-,17-,22-,23+/m1/s1. The van der Waals surface area contributed by atoms with Gasteiger partial charge >= 0.3 is 0 Å². The average molecular weight is 344 g/mol. The maximum atomic E-state index is 6.83. The molecule has 0 aromatic heterocycles. The van der Waals surface area contributed by atoms with Gasteiger partial charge in [0.2, 0.25) is 5.79 Å². The maximum Gasteiger partial charge on any atom is 0.223 e. The smallest absolute Gasteiger partial charge is 0.223 e. The van der Waals surface area contributed by atoms with Crippen LogP contribution in [0.15, 0.2) is 84.0 Å². The first-order valence-electron chi connectivity index (χ1n) is 9.57. The summed E-state index contributed by atoms with van der Waals surface area (Å²) < 4.78 is 13.7. The van der Waals surface area contributed by atoms with Crippen molar-refractivity contribution in [3.05, 3.63) is 95.1 Å². The third kappa shape index (κ3) is 2.19. The van der Waals surface area contributed by atoms with Gasteiger partial charge in [0.25, 0.3) is 0 Å². The molecule has 0 bridgehead atoms. The quantitative estimate of drug-likeness (QED) is 0.744. The number of hydrogen-bond donors (Lipinski definition) is 0. The number of rotatable bonds is 2. The molecule has 2 aliphatic carbocycles. The lowest BCUT2D eigenvalue weighted by Gasteiger charge is -2.35. The van der Waals surface area contributed by atoms with Crippen molar-refractivity contribution in [3.63, 3.8) is 0 Å². The Morgan fingerprint density at radius 2 is 1.31 bits per heavy atom. The molecule has 1 aliphatic heterocycles. The monoisotopic (exact) mass is 344 g/mol. The van der Waals surface area contributed by atoms with Gasteiger partial charge < -0.3 is 9.47 Å². The summed E-state index contributed by atoms with van der Waals surface area (Å²) >= 11 is 0. The van der Waals surface area contributed by atoms with E-state index in [4.69, 9.17) is 9.47 Å². The van der Waals surface area contributed by atoms with Crippen LogP contribution < -0.4 is 0 Å². The van der Waals surface area contributed by atoms with Crippen LogP contribution in [0.1, 0.15) is 31.4 Å². The highest BCUT2D eigenvalue weighted by atomic mass is 16.8. The molecule has 0 amide bonds. The fourth-order valence-corrected chi connectivity index (χ4v) is 4.88. The molecule has 1 saturated heterocycles. The van der Waals surface area contributed by atoms with Gasteiger partial charge in [-0.05, 0) is 12.0 Å². The first-order chi connectivity index (χ1) is 12.7. The molecule has 5 rings (SSSR count). The Hall–Kier alpha value is -2.16. The first-order valence-corrected chi connectivity index (χ1v) is 9.57. The maximum absolute atomic E-state index is 6.83. The van der Waals surface area contributed by atoms with E-state index in [1.54, 1.807) is 0 Å². The third-order valence-corrected chi connectivity index (χ3v) is 6.27. The van der Waals surface area contributed by atoms with E-state index in [-0.39, 0.29) is 12.2 Å². The predicted octanol–water partition coefficient (Wildman–Crippen LogP) is 5.21. The van der Waals surface area contributed by atoms with Gasteiger partial charge in [0.1, 0.15) is 0 Å². The van der Waals surface area contributed by atoms with Crippen molar-refractivity contribution in [2.45, 2.75) is 38.3 Å². The Bertz CT molecular complexity index is 826. The van der Waals surface area contributed by atoms with Crippen molar-refractivity contribution in [1.29, 1.82) is 0 Å². The lowest BCUT2D eigenvalue weighted by atomic mass is 9.75. The number of benzene rings is 2. The molecule has 4 atom stereocenters. The SMILES string of the molecule is C[C@@H]1C2=C(C=CC2)[C@@H](C)[C@H]2OC(c3ccccc3)(c3ccccc3)O[C@H]21. The van der Waals surface area contributed by atoms with Crippen LogP contribution in [0.5, 0.6) is 0 Å². The lowest BCUT2D eigenvalue weighted by molar-refractivity contribution is -0.154. The van der Waals surface area contributed by atoms with Crippen LogP contribution >= 0.6 is 0 Å². The fraction of sp³-hybridized carbons (Fsp3) is 0.333. The average Bonchev–Trinajstić information content (AvgIpc) is 3.34. The van der Waals surface area contributed by atoms with Crippen LogP contribution in [-0.4, -0.2) is 12.2 Å². The molecular weight excluding hydrogens is 320 g/mol. The van der Waals surface area contributed by atoms with Crippen molar-refractivity contribution in [1.82, 2.24) is 0 Å². The van der Waals surface area contributed by atoms with Crippen molar-refractivity contribution in [3.8, 4) is 0 Å². The molecule has 2 aromatic rings. The molecule has 0 unspecified atom stereocenters. The Kier molecular flexibility index (Phi) is 3.66. The minimum absolute atomic E-state index is 0.0620. The Balaban J connectivity index is 1.63. The topological polar surface area (TPSA) is 18.5 Å². The number of fused-ring (bicyclic) bond motifs is 1. The highest BCUT2D eigenvalue weighted by Crippen LogP contribution is 2.52. The van der Waals surface area contributed by atoms with Crippen LogP contribution in [0.25, 0.3) is 0 Å². The minimum atomic E-state index is -0.830. The molecule has 1 heterocycles. The summed E-state index contributed by atoms with van der Waals surface area (Å²) in [6.45, 7) is 4.57. The van der Waals surface area contributed by atoms with E-state index in [0.717, 1.165) is 17.5 Å². The summed E-state index contributed by atoms with van der Waals surface area (Å²) in [6, 6.07) is 20.8. The van der Waals surface area contributed by atoms with E-state index in [1.165, 1.54) is 11.1 Å². The van der Waals surface area contributed by atoms with Gasteiger partial charge in [-0.15, -0.1) is 0 Å². The van der Waals surface area contributed by atoms with Crippen LogP contribution in [0, 0.1) is 11.8 Å². The van der Waals surface area contributed by atoms with E-state index in [2.05, 4.69) is 74.5 Å². The normalized spacial score (nSPS) is 31.8. The zero-order valence-electron chi connectivity index (χ0n) is 15.3. The van der Waals surface area contributed by atoms with E-state index >= 15 is 0 Å². The second-order valence-electron chi connectivity index (χ2n) is 7.68. The van der Waals surface area contributed by atoms with Crippen molar-refractivity contribution in [2.24, 2.45) is 11.8 Å². The van der Waals surface area contributed by atoms with Gasteiger partial charge in [0, 0.05) is 23.0 Å². The molecule has 2 nitrogen and oxygen atoms in total. The van der Waals surface area contributed by atoms with Crippen LogP contribution in [0.2, 0.25) is 0 Å². The van der Waals surface area contributed by atoms with Crippen LogP contribution in [-0.2, 0) is 15.3 Å². The molecule has 26 heavy (non-hydrogen) atoms. The zero-order chi connectivity index (χ0) is 17.7. The summed E-state index contributed by atoms with van der Waals surface area (Å²) in [4.78, 5) is 0. The van der Waals surface area contributed by atoms with Crippen molar-refractivity contribution >= 4 is 0 Å². The van der Waals surface area contributed by atoms with E-state index < -0.39 is 5.79 Å². The van der Waals surface area contributed by atoms with E-state index in [9.17, 15) is 0 Å². The van der Waals surface area contributed by atoms with Gasteiger partial charge in [-0.2, -0.15) is 0 Å². The molecule has 3 aliphatic rings. The van der Waals surface area contributed by atoms with Gasteiger partial charge in [0.15, 0.2) is 0 Å². The van der Waals surface area contributed by atoms with Crippen LogP contribution in [0.4, 0.5) is 0 Å². The molecule has 0 radical (unpaired) electrons. The van der Waals surface area contributed by atoms with E-state index in [1.807, 2.05) is 12.1 Å². The highest BCUT2D eigenvalue weighted by Gasteiger charge is 2.56. The molecule has 1 fully saturated rings. The van der Waals surface area contributed by atoms with Gasteiger partial charge in [-0.1, -0.05) is 92.2 Å². The van der Waals surface area contributed by atoms with Crippen molar-refractivity contribution < 1.29 is 9.47 Å². The molecular formula is C24H24O2. The molecule has 2 aromatic carbocycles. The molecule has 0 saturated carbocycles. The van der Waals surface area contributed by atoms with Crippen LogP contribution in [0.3, 0.4) is 0 Å². The van der Waals surface area contributed by atoms with E-state index in [0.29, 0.717) is 11.8 Å². The minimum Gasteiger partial charge on any atom is -0.335 e. The molecule has 0 N–H and O–H groups in total. The number of ether oxygens (including phenoxy) is 2. The predicted molar refractivity (Wildman–Crippen MR) is 103 cm³/mol. The second kappa shape index (κ2) is 5.94. The Morgan fingerprint density at radius 3 is 1.88 bits per heavy atom. The Labute approximate surface area is 155 Å². The van der Waals surface area contributed by atoms with Gasteiger partial charge in [0.05, 0.1) is 12.2 Å². The molecule has 0 spiro atoms. The Morgan fingerprint density at radius 1 is 0.769 bits per heavy atom. The molecule has 2 heteroatoms. The zero-order valence-corrected chi connectivity index (χ0v) is 15.3. The fourth-order valence-electron chi connectivity index (χ4n) is 4.88. The van der Waals surface area contributed by atoms with Gasteiger partial charge in [-0.3, -0.25) is 0 Å². The van der Waals surface area contributed by atoms with Crippen molar-refractivity contribution in [2.75, 3.05) is 0 Å². The second-order valence-corrected chi connectivity index (χ2v) is 7.68. The number of hydrogen-bond acceptors (Lipinski definition) is 2. The summed E-state index contributed by atoms with van der Waals surface area (Å²) in [5, 5.41) is 0. The summed E-state index contributed by atoms with van der Waals surface area (Å²) in [6.07, 6.45) is 5.76. The summed E-state index contributed by atoms with van der Waals surface area (Å²) in [7, 11) is 0. The third-order valence-electron chi connectivity index (χ3n) is 6.27. The first kappa shape index (κ1) is 16.0. The lowest BCUT2D eigenvalue weighted by Crippen LogP contribution is -2.40. The molecule has 132 valence electrons. The number of allylic oxidation sites excluding steroid dienone is 2. The summed E-state index contributed by atoms with van der Waals surface area (Å²) in [5.41, 5.74) is 5.12. The highest BCUT2D eigenvalue weighted by molar-refractivity contribution is 5.42.